The van der Waals surface area contributed by atoms with Crippen molar-refractivity contribution in [1.82, 2.24) is 0 Å². The van der Waals surface area contributed by atoms with Crippen molar-refractivity contribution >= 4 is 5.69 Å². The number of phenols is 1. The highest BCUT2D eigenvalue weighted by atomic mass is 16.3. The third kappa shape index (κ3) is 5.64. The third-order valence-corrected chi connectivity index (χ3v) is 1.83. The molecule has 1 aromatic carbocycles. The quantitative estimate of drug-likeness (QED) is 0.654. The van der Waals surface area contributed by atoms with Gasteiger partial charge in [-0.3, -0.25) is 0 Å². The van der Waals surface area contributed by atoms with Crippen LogP contribution in [0.1, 0.15) is 47.1 Å². The van der Waals surface area contributed by atoms with E-state index in [2.05, 4.69) is 41.5 Å². The van der Waals surface area contributed by atoms with Gasteiger partial charge in [0.2, 0.25) is 0 Å². The second kappa shape index (κ2) is 5.78. The fourth-order valence-corrected chi connectivity index (χ4v) is 1.18. The van der Waals surface area contributed by atoms with Gasteiger partial charge in [0.1, 0.15) is 5.75 Å². The fraction of sp³-hybridized carbons (Fsp3) is 0.571. The molecule has 0 unspecified atom stereocenters. The summed E-state index contributed by atoms with van der Waals surface area (Å²) in [5.74, 6) is 1.11. The molecule has 0 aliphatic carbocycles. The molecule has 1 aromatic rings. The van der Waals surface area contributed by atoms with Crippen LogP contribution in [0.2, 0.25) is 0 Å². The van der Waals surface area contributed by atoms with Crippen molar-refractivity contribution in [1.29, 1.82) is 0 Å². The fourth-order valence-electron chi connectivity index (χ4n) is 1.18. The maximum absolute atomic E-state index is 9.55. The Morgan fingerprint density at radius 3 is 1.88 bits per heavy atom. The lowest BCUT2D eigenvalue weighted by molar-refractivity contribution is 0.447. The second-order valence-electron chi connectivity index (χ2n) is 5.76. The monoisotopic (exact) mass is 223 g/mol. The van der Waals surface area contributed by atoms with Crippen molar-refractivity contribution in [2.24, 2.45) is 5.92 Å². The van der Waals surface area contributed by atoms with E-state index >= 15 is 0 Å². The van der Waals surface area contributed by atoms with E-state index in [0.717, 1.165) is 11.5 Å². The Morgan fingerprint density at radius 1 is 1.12 bits per heavy atom. The van der Waals surface area contributed by atoms with E-state index in [1.165, 1.54) is 0 Å². The largest absolute Gasteiger partial charge is 0.508 e. The average molecular weight is 223 g/mol. The zero-order chi connectivity index (χ0) is 12.9. The summed E-state index contributed by atoms with van der Waals surface area (Å²) >= 11 is 0. The van der Waals surface area contributed by atoms with Gasteiger partial charge in [-0.05, 0) is 23.0 Å². The molecule has 16 heavy (non-hydrogen) atoms. The minimum atomic E-state index is -0.0300. The lowest BCUT2D eigenvalue weighted by atomic mass is 9.86. The van der Waals surface area contributed by atoms with Crippen LogP contribution in [0.3, 0.4) is 0 Å². The normalized spacial score (nSPS) is 10.9. The van der Waals surface area contributed by atoms with Crippen molar-refractivity contribution in [3.05, 3.63) is 23.8 Å². The van der Waals surface area contributed by atoms with Crippen LogP contribution in [0.25, 0.3) is 0 Å². The smallest absolute Gasteiger partial charge is 0.121 e. The number of benzene rings is 1. The summed E-state index contributed by atoms with van der Waals surface area (Å²) < 4.78 is 0. The summed E-state index contributed by atoms with van der Waals surface area (Å²) in [5, 5.41) is 9.55. The van der Waals surface area contributed by atoms with Gasteiger partial charge in [-0.1, -0.05) is 47.6 Å². The predicted molar refractivity (Wildman–Crippen MR) is 71.7 cm³/mol. The highest BCUT2D eigenvalue weighted by molar-refractivity contribution is 5.49. The average Bonchev–Trinajstić information content (AvgIpc) is 1.99. The zero-order valence-corrected chi connectivity index (χ0v) is 11.3. The molecule has 2 heteroatoms. The number of anilines is 1. The maximum atomic E-state index is 9.55. The number of hydrogen-bond donors (Lipinski definition) is 2. The first kappa shape index (κ1) is 14.8. The Hall–Kier alpha value is -1.18. The van der Waals surface area contributed by atoms with Crippen LogP contribution in [-0.2, 0) is 5.41 Å². The highest BCUT2D eigenvalue weighted by Crippen LogP contribution is 2.31. The Balaban J connectivity index is 0.000000487. The summed E-state index contributed by atoms with van der Waals surface area (Å²) in [6.45, 7) is 12.7. The number of nitrogens with two attached hydrogens (primary N) is 1. The van der Waals surface area contributed by atoms with Crippen LogP contribution >= 0.6 is 0 Å². The number of aromatic hydroxyl groups is 1. The zero-order valence-electron chi connectivity index (χ0n) is 11.3. The van der Waals surface area contributed by atoms with Gasteiger partial charge in [-0.25, -0.2) is 0 Å². The van der Waals surface area contributed by atoms with E-state index in [1.54, 1.807) is 12.1 Å². The van der Waals surface area contributed by atoms with Gasteiger partial charge in [0.05, 0.1) is 0 Å². The predicted octanol–water partition coefficient (Wildman–Crippen LogP) is 3.93. The van der Waals surface area contributed by atoms with E-state index in [9.17, 15) is 5.11 Å². The van der Waals surface area contributed by atoms with Crippen LogP contribution in [0.5, 0.6) is 5.75 Å². The molecule has 0 spiro atoms. The van der Waals surface area contributed by atoms with Gasteiger partial charge < -0.3 is 10.8 Å². The lowest BCUT2D eigenvalue weighted by Gasteiger charge is -2.20. The molecule has 0 atom stereocenters. The van der Waals surface area contributed by atoms with Gasteiger partial charge in [0, 0.05) is 11.8 Å². The SMILES string of the molecule is CC(C)(C)c1ccc(N)cc1O.CC(C)C. The molecule has 0 aromatic heterocycles. The molecule has 0 aliphatic rings. The molecule has 3 N–H and O–H groups in total. The molecule has 92 valence electrons. The van der Waals surface area contributed by atoms with E-state index in [-0.39, 0.29) is 11.2 Å². The van der Waals surface area contributed by atoms with Gasteiger partial charge in [0.25, 0.3) is 0 Å². The molecule has 1 rings (SSSR count). The minimum Gasteiger partial charge on any atom is -0.508 e. The summed E-state index contributed by atoms with van der Waals surface area (Å²) in [7, 11) is 0. The number of rotatable bonds is 0. The van der Waals surface area contributed by atoms with Crippen LogP contribution in [0.15, 0.2) is 18.2 Å². The van der Waals surface area contributed by atoms with Crippen molar-refractivity contribution < 1.29 is 5.11 Å². The first-order chi connectivity index (χ1) is 7.14. The molecule has 0 bridgehead atoms. The number of hydrogen-bond acceptors (Lipinski definition) is 2. The summed E-state index contributed by atoms with van der Waals surface area (Å²) in [4.78, 5) is 0. The van der Waals surface area contributed by atoms with Crippen molar-refractivity contribution in [2.75, 3.05) is 5.73 Å². The Labute approximate surface area is 99.5 Å². The van der Waals surface area contributed by atoms with Crippen molar-refractivity contribution in [2.45, 2.75) is 47.0 Å². The van der Waals surface area contributed by atoms with Crippen LogP contribution in [0.4, 0.5) is 5.69 Å². The molecular formula is C14H25NO. The van der Waals surface area contributed by atoms with Crippen molar-refractivity contribution in [3.8, 4) is 5.75 Å². The molecule has 0 radical (unpaired) electrons. The first-order valence-corrected chi connectivity index (χ1v) is 5.73. The van der Waals surface area contributed by atoms with E-state index in [4.69, 9.17) is 5.73 Å². The Morgan fingerprint density at radius 2 is 1.56 bits per heavy atom. The highest BCUT2D eigenvalue weighted by Gasteiger charge is 2.17. The minimum absolute atomic E-state index is 0.0300. The van der Waals surface area contributed by atoms with Crippen LogP contribution in [-0.4, -0.2) is 5.11 Å². The molecule has 0 saturated carbocycles. The van der Waals surface area contributed by atoms with Gasteiger partial charge >= 0.3 is 0 Å². The van der Waals surface area contributed by atoms with Crippen LogP contribution < -0.4 is 5.73 Å². The Kier molecular flexibility index (Phi) is 5.36. The lowest BCUT2D eigenvalue weighted by Crippen LogP contribution is -2.11. The molecular weight excluding hydrogens is 198 g/mol. The van der Waals surface area contributed by atoms with Gasteiger partial charge in [0.15, 0.2) is 0 Å². The summed E-state index contributed by atoms with van der Waals surface area (Å²) in [6.07, 6.45) is 0. The maximum Gasteiger partial charge on any atom is 0.121 e. The molecule has 0 heterocycles. The summed E-state index contributed by atoms with van der Waals surface area (Å²) in [6, 6.07) is 5.26. The number of phenolic OH excluding ortho intramolecular Hbond substituents is 1. The molecule has 2 nitrogen and oxygen atoms in total. The standard InChI is InChI=1S/C10H15NO.C4H10/c1-10(2,3)8-5-4-7(11)6-9(8)12;1-4(2)3/h4-6,12H,11H2,1-3H3;4H,1-3H3. The number of nitrogen functional groups attached to an aromatic ring is 1. The van der Waals surface area contributed by atoms with Gasteiger partial charge in [-0.2, -0.15) is 0 Å². The summed E-state index contributed by atoms with van der Waals surface area (Å²) in [5.41, 5.74) is 7.01. The van der Waals surface area contributed by atoms with Crippen LogP contribution in [0, 0.1) is 5.92 Å². The van der Waals surface area contributed by atoms with Gasteiger partial charge in [-0.15, -0.1) is 0 Å². The second-order valence-corrected chi connectivity index (χ2v) is 5.76. The van der Waals surface area contributed by atoms with E-state index in [1.807, 2.05) is 6.07 Å². The Bertz CT molecular complexity index is 321. The molecule has 0 amide bonds. The molecule has 0 fully saturated rings. The van der Waals surface area contributed by atoms with E-state index in [0.29, 0.717) is 5.69 Å². The van der Waals surface area contributed by atoms with E-state index < -0.39 is 0 Å². The molecule has 0 saturated heterocycles. The molecule has 0 aliphatic heterocycles. The van der Waals surface area contributed by atoms with Crippen molar-refractivity contribution in [3.63, 3.8) is 0 Å². The third-order valence-electron chi connectivity index (χ3n) is 1.83. The topological polar surface area (TPSA) is 46.2 Å². The first-order valence-electron chi connectivity index (χ1n) is 5.73.